The van der Waals surface area contributed by atoms with E-state index >= 15 is 0 Å². The zero-order chi connectivity index (χ0) is 45.0. The van der Waals surface area contributed by atoms with Crippen molar-refractivity contribution in [3.8, 4) is 0 Å². The molecule has 0 aliphatic carbocycles. The lowest BCUT2D eigenvalue weighted by Crippen LogP contribution is -2.45. The lowest BCUT2D eigenvalue weighted by Gasteiger charge is -2.25. The minimum Gasteiger partial charge on any atom is -0.387 e. The van der Waals surface area contributed by atoms with Crippen LogP contribution in [0.15, 0.2) is 48.6 Å². The highest BCUT2D eigenvalue weighted by Gasteiger charge is 2.27. The van der Waals surface area contributed by atoms with E-state index in [9.17, 15) is 19.4 Å². The Morgan fingerprint density at radius 1 is 0.557 bits per heavy atom. The van der Waals surface area contributed by atoms with Gasteiger partial charge in [0.05, 0.1) is 39.9 Å². The van der Waals surface area contributed by atoms with Gasteiger partial charge in [0, 0.05) is 6.42 Å². The molecular weight excluding hydrogens is 780 g/mol. The van der Waals surface area contributed by atoms with Crippen molar-refractivity contribution in [3.63, 3.8) is 0 Å². The van der Waals surface area contributed by atoms with Crippen LogP contribution in [0.5, 0.6) is 0 Å². The number of phosphoric ester groups is 1. The van der Waals surface area contributed by atoms with Gasteiger partial charge in [0.2, 0.25) is 5.91 Å². The molecule has 0 spiro atoms. The average Bonchev–Trinajstić information content (AvgIpc) is 3.21. The lowest BCUT2D eigenvalue weighted by molar-refractivity contribution is -0.870. The van der Waals surface area contributed by atoms with E-state index in [0.29, 0.717) is 17.4 Å². The molecule has 8 nitrogen and oxygen atoms in total. The molecule has 0 aromatic carbocycles. The van der Waals surface area contributed by atoms with E-state index in [2.05, 4.69) is 55.6 Å². The molecule has 0 heterocycles. The second-order valence-electron chi connectivity index (χ2n) is 18.5. The van der Waals surface area contributed by atoms with Crippen molar-refractivity contribution in [2.24, 2.45) is 0 Å². The van der Waals surface area contributed by atoms with Gasteiger partial charge in [-0.1, -0.05) is 204 Å². The van der Waals surface area contributed by atoms with E-state index < -0.39 is 20.0 Å². The number of aliphatic hydroxyl groups is 1. The van der Waals surface area contributed by atoms with E-state index in [4.69, 9.17) is 9.05 Å². The van der Waals surface area contributed by atoms with E-state index in [1.807, 2.05) is 27.2 Å². The Kier molecular flexibility index (Phi) is 42.6. The number of hydrogen-bond donors (Lipinski definition) is 3. The molecule has 0 fully saturated rings. The number of likely N-dealkylation sites (N-methyl/N-ethyl adjacent to an activating group) is 1. The Morgan fingerprint density at radius 2 is 0.951 bits per heavy atom. The first-order valence-electron chi connectivity index (χ1n) is 25.5. The second kappa shape index (κ2) is 43.7. The molecule has 0 saturated heterocycles. The van der Waals surface area contributed by atoms with Crippen LogP contribution in [0.25, 0.3) is 0 Å². The number of quaternary nitrogens is 1. The van der Waals surface area contributed by atoms with Gasteiger partial charge in [0.15, 0.2) is 0 Å². The molecule has 0 radical (unpaired) electrons. The van der Waals surface area contributed by atoms with Crippen LogP contribution in [0.4, 0.5) is 0 Å². The van der Waals surface area contributed by atoms with Crippen LogP contribution in [0, 0.1) is 0 Å². The summed E-state index contributed by atoms with van der Waals surface area (Å²) in [5, 5.41) is 13.8. The Morgan fingerprint density at radius 3 is 1.41 bits per heavy atom. The number of nitrogens with zero attached hydrogens (tertiary/aromatic N) is 1. The largest absolute Gasteiger partial charge is 0.472 e. The van der Waals surface area contributed by atoms with Crippen LogP contribution >= 0.6 is 7.82 Å². The summed E-state index contributed by atoms with van der Waals surface area (Å²) in [4.78, 5) is 23.2. The lowest BCUT2D eigenvalue weighted by atomic mass is 10.0. The monoisotopic (exact) mass is 880 g/mol. The molecule has 0 rings (SSSR count). The summed E-state index contributed by atoms with van der Waals surface area (Å²) < 4.78 is 23.6. The summed E-state index contributed by atoms with van der Waals surface area (Å²) in [7, 11) is 1.55. The number of nitrogens with one attached hydrogen (secondary N) is 1. The maximum Gasteiger partial charge on any atom is 0.472 e. The van der Waals surface area contributed by atoms with Gasteiger partial charge in [0.25, 0.3) is 0 Å². The summed E-state index contributed by atoms with van der Waals surface area (Å²) >= 11 is 0. The van der Waals surface area contributed by atoms with Crippen LogP contribution in [-0.2, 0) is 18.4 Å². The summed E-state index contributed by atoms with van der Waals surface area (Å²) in [5.41, 5.74) is 0. The van der Waals surface area contributed by atoms with E-state index in [0.717, 1.165) is 44.9 Å². The fourth-order valence-corrected chi connectivity index (χ4v) is 7.94. The number of rotatable bonds is 46. The Bertz CT molecular complexity index is 1130. The molecule has 3 N–H and O–H groups in total. The normalized spacial score (nSPS) is 14.5. The third kappa shape index (κ3) is 46.3. The highest BCUT2D eigenvalue weighted by molar-refractivity contribution is 7.47. The Labute approximate surface area is 378 Å². The SMILES string of the molecule is CCCCCCC/C=C\C/C=C\CCCCCCCCCCCCCCCC(=O)NC(COP(=O)(O)OCC[N+](C)(C)C)C(O)/C=C/CC/C=C/CCCCCCCCCC. The fourth-order valence-electron chi connectivity index (χ4n) is 7.21. The van der Waals surface area contributed by atoms with Crippen molar-refractivity contribution in [3.05, 3.63) is 48.6 Å². The van der Waals surface area contributed by atoms with Gasteiger partial charge in [-0.3, -0.25) is 13.8 Å². The fraction of sp³-hybridized carbons (Fsp3) is 0.827. The second-order valence-corrected chi connectivity index (χ2v) is 20.0. The van der Waals surface area contributed by atoms with Gasteiger partial charge in [0.1, 0.15) is 13.2 Å². The minimum atomic E-state index is -4.35. The van der Waals surface area contributed by atoms with Gasteiger partial charge in [-0.15, -0.1) is 0 Å². The zero-order valence-corrected chi connectivity index (χ0v) is 41.5. The van der Waals surface area contributed by atoms with Gasteiger partial charge < -0.3 is 19.8 Å². The predicted molar refractivity (Wildman–Crippen MR) is 263 cm³/mol. The number of phosphoric acid groups is 1. The molecule has 0 saturated carbocycles. The van der Waals surface area contributed by atoms with Gasteiger partial charge in [-0.05, 0) is 64.2 Å². The first-order valence-corrected chi connectivity index (χ1v) is 27.0. The van der Waals surface area contributed by atoms with Crippen molar-refractivity contribution in [2.75, 3.05) is 40.9 Å². The average molecular weight is 880 g/mol. The molecule has 358 valence electrons. The minimum absolute atomic E-state index is 0.0555. The molecule has 0 aromatic heterocycles. The molecule has 0 aromatic rings. The number of aliphatic hydroxyl groups excluding tert-OH is 1. The number of carbonyl (C=O) groups excluding carboxylic acids is 1. The number of amides is 1. The van der Waals surface area contributed by atoms with Crippen molar-refractivity contribution >= 4 is 13.7 Å². The van der Waals surface area contributed by atoms with Crippen LogP contribution in [0.3, 0.4) is 0 Å². The molecule has 0 aliphatic rings. The van der Waals surface area contributed by atoms with Crippen molar-refractivity contribution < 1.29 is 32.9 Å². The van der Waals surface area contributed by atoms with E-state index in [1.54, 1.807) is 6.08 Å². The quantitative estimate of drug-likeness (QED) is 0.0243. The Hall–Kier alpha value is -1.54. The first kappa shape index (κ1) is 59.5. The number of unbranched alkanes of at least 4 members (excludes halogenated alkanes) is 27. The third-order valence-corrected chi connectivity index (χ3v) is 12.3. The molecule has 1 amide bonds. The molecule has 0 aliphatic heterocycles. The van der Waals surface area contributed by atoms with Crippen molar-refractivity contribution in [1.29, 1.82) is 0 Å². The van der Waals surface area contributed by atoms with Gasteiger partial charge in [-0.25, -0.2) is 4.57 Å². The van der Waals surface area contributed by atoms with Gasteiger partial charge >= 0.3 is 7.82 Å². The maximum absolute atomic E-state index is 12.9. The predicted octanol–water partition coefficient (Wildman–Crippen LogP) is 14.8. The number of carbonyl (C=O) groups is 1. The van der Waals surface area contributed by atoms with Crippen LogP contribution in [0.2, 0.25) is 0 Å². The standard InChI is InChI=1S/C52H99N2O6P/c1-6-8-10-12-14-16-18-20-22-23-24-25-26-27-28-29-30-31-32-34-36-38-40-42-44-46-52(56)53-50(49-60-61(57,58)59-48-47-54(3,4)5)51(55)45-43-41-39-37-35-33-21-19-17-15-13-11-9-7-2/h18,20,23-24,35,37,43,45,50-51,55H,6-17,19,21-22,25-34,36,38-42,44,46-49H2,1-5H3,(H-,53,56,57,58)/p+1/b20-18-,24-23-,37-35+,45-43+. The highest BCUT2D eigenvalue weighted by atomic mass is 31.2. The van der Waals surface area contributed by atoms with Crippen LogP contribution in [-0.4, -0.2) is 73.4 Å². The van der Waals surface area contributed by atoms with E-state index in [-0.39, 0.29) is 19.1 Å². The summed E-state index contributed by atoms with van der Waals surface area (Å²) in [5.74, 6) is -0.188. The topological polar surface area (TPSA) is 105 Å². The third-order valence-electron chi connectivity index (χ3n) is 11.3. The Balaban J connectivity index is 4.25. The smallest absolute Gasteiger partial charge is 0.387 e. The number of allylic oxidation sites excluding steroid dienone is 7. The van der Waals surface area contributed by atoms with Gasteiger partial charge in [-0.2, -0.15) is 0 Å². The summed E-state index contributed by atoms with van der Waals surface area (Å²) in [6, 6.07) is -0.863. The number of hydrogen-bond acceptors (Lipinski definition) is 5. The molecular formula is C52H100N2O6P+. The first-order chi connectivity index (χ1) is 29.5. The summed E-state index contributed by atoms with van der Waals surface area (Å²) in [6.45, 7) is 4.78. The zero-order valence-electron chi connectivity index (χ0n) is 40.7. The molecule has 61 heavy (non-hydrogen) atoms. The van der Waals surface area contributed by atoms with E-state index in [1.165, 1.54) is 161 Å². The van der Waals surface area contributed by atoms with Crippen molar-refractivity contribution in [2.45, 2.75) is 238 Å². The van der Waals surface area contributed by atoms with Crippen molar-refractivity contribution in [1.82, 2.24) is 5.32 Å². The van der Waals surface area contributed by atoms with Crippen LogP contribution < -0.4 is 5.32 Å². The van der Waals surface area contributed by atoms with Crippen LogP contribution in [0.1, 0.15) is 226 Å². The molecule has 0 bridgehead atoms. The highest BCUT2D eigenvalue weighted by Crippen LogP contribution is 2.43. The summed E-state index contributed by atoms with van der Waals surface area (Å²) in [6.07, 6.45) is 56.2. The maximum atomic E-state index is 12.9. The molecule has 3 unspecified atom stereocenters. The molecule has 9 heteroatoms. The molecule has 3 atom stereocenters.